The van der Waals surface area contributed by atoms with Crippen LogP contribution >= 0.6 is 0 Å². The van der Waals surface area contributed by atoms with Gasteiger partial charge < -0.3 is 20.4 Å². The summed E-state index contributed by atoms with van der Waals surface area (Å²) in [6.07, 6.45) is 1.50. The molecule has 3 N–H and O–H groups in total. The number of carbonyl (C=O) groups excluding carboxylic acids is 1. The quantitative estimate of drug-likeness (QED) is 0.770. The number of nitrogens with zero attached hydrogens (tertiary/aromatic N) is 3. The first kappa shape index (κ1) is 13.7. The molecule has 0 spiro atoms. The molecule has 2 aromatic rings. The third-order valence-electron chi connectivity index (χ3n) is 2.51. The third kappa shape index (κ3) is 3.01. The van der Waals surface area contributed by atoms with E-state index < -0.39 is 5.91 Å². The first-order valence-corrected chi connectivity index (χ1v) is 5.70. The highest BCUT2D eigenvalue weighted by Gasteiger charge is 2.16. The fraction of sp³-hybridized carbons (Fsp3) is 0.273. The second-order valence-corrected chi connectivity index (χ2v) is 3.89. The molecule has 2 heterocycles. The lowest BCUT2D eigenvalue weighted by atomic mass is 10.3. The number of hydrogen-bond acceptors (Lipinski definition) is 7. The molecule has 0 saturated carbocycles. The summed E-state index contributed by atoms with van der Waals surface area (Å²) in [6, 6.07) is 2.82. The molecule has 9 heteroatoms. The van der Waals surface area contributed by atoms with Crippen LogP contribution in [0.3, 0.4) is 0 Å². The van der Waals surface area contributed by atoms with E-state index in [1.807, 2.05) is 0 Å². The Kier molecular flexibility index (Phi) is 4.11. The zero-order valence-corrected chi connectivity index (χ0v) is 10.7. The minimum Gasteiger partial charge on any atom is -0.383 e. The molecule has 0 aliphatic heterocycles. The Morgan fingerprint density at radius 3 is 2.95 bits per heavy atom. The highest BCUT2D eigenvalue weighted by atomic mass is 16.6. The molecular formula is C11H13N5O4. The zero-order valence-electron chi connectivity index (χ0n) is 10.7. The number of anilines is 2. The maximum absolute atomic E-state index is 11.8. The number of nitrogens with two attached hydrogens (primary N) is 1. The van der Waals surface area contributed by atoms with Crippen molar-refractivity contribution in [3.05, 3.63) is 34.4 Å². The molecule has 0 unspecified atom stereocenters. The van der Waals surface area contributed by atoms with Gasteiger partial charge in [0.15, 0.2) is 0 Å². The summed E-state index contributed by atoms with van der Waals surface area (Å²) in [5, 5.41) is 9.25. The van der Waals surface area contributed by atoms with Crippen LogP contribution in [0.1, 0.15) is 10.5 Å². The largest absolute Gasteiger partial charge is 0.383 e. The number of amides is 1. The van der Waals surface area contributed by atoms with Crippen LogP contribution in [-0.2, 0) is 11.3 Å². The lowest BCUT2D eigenvalue weighted by Crippen LogP contribution is -2.22. The van der Waals surface area contributed by atoms with E-state index >= 15 is 0 Å². The van der Waals surface area contributed by atoms with E-state index in [1.165, 1.54) is 30.0 Å². The number of ether oxygens (including phenoxy) is 1. The van der Waals surface area contributed by atoms with Gasteiger partial charge in [-0.1, -0.05) is 0 Å². The molecule has 0 saturated heterocycles. The van der Waals surface area contributed by atoms with E-state index in [-0.39, 0.29) is 17.1 Å². The monoisotopic (exact) mass is 279 g/mol. The SMILES string of the molecule is COCCn1cc(NC(=O)c2nonc2N)ccc1=O. The maximum atomic E-state index is 11.8. The Labute approximate surface area is 113 Å². The van der Waals surface area contributed by atoms with Crippen molar-refractivity contribution in [2.75, 3.05) is 24.8 Å². The number of aromatic nitrogens is 3. The van der Waals surface area contributed by atoms with E-state index in [2.05, 4.69) is 20.3 Å². The van der Waals surface area contributed by atoms with Gasteiger partial charge in [-0.15, -0.1) is 0 Å². The molecule has 0 aliphatic carbocycles. The molecule has 106 valence electrons. The number of nitrogen functional groups attached to an aromatic ring is 1. The summed E-state index contributed by atoms with van der Waals surface area (Å²) in [5.41, 5.74) is 5.54. The van der Waals surface area contributed by atoms with Crippen molar-refractivity contribution in [2.24, 2.45) is 0 Å². The van der Waals surface area contributed by atoms with Crippen molar-refractivity contribution in [1.29, 1.82) is 0 Å². The molecule has 0 bridgehead atoms. The van der Waals surface area contributed by atoms with E-state index in [0.29, 0.717) is 18.8 Å². The normalized spacial score (nSPS) is 10.4. The summed E-state index contributed by atoms with van der Waals surface area (Å²) in [4.78, 5) is 23.4. The van der Waals surface area contributed by atoms with Gasteiger partial charge in [0.1, 0.15) is 0 Å². The maximum Gasteiger partial charge on any atom is 0.281 e. The van der Waals surface area contributed by atoms with Gasteiger partial charge in [0.25, 0.3) is 11.5 Å². The molecule has 0 radical (unpaired) electrons. The van der Waals surface area contributed by atoms with Crippen LogP contribution in [0.2, 0.25) is 0 Å². The second kappa shape index (κ2) is 5.97. The summed E-state index contributed by atoms with van der Waals surface area (Å²) >= 11 is 0. The molecule has 2 rings (SSSR count). The third-order valence-corrected chi connectivity index (χ3v) is 2.51. The molecule has 20 heavy (non-hydrogen) atoms. The van der Waals surface area contributed by atoms with Crippen LogP contribution in [0.15, 0.2) is 27.8 Å². The van der Waals surface area contributed by atoms with Gasteiger partial charge in [-0.05, 0) is 16.4 Å². The topological polar surface area (TPSA) is 125 Å². The number of hydrogen-bond donors (Lipinski definition) is 2. The molecule has 0 atom stereocenters. The van der Waals surface area contributed by atoms with Crippen molar-refractivity contribution < 1.29 is 14.2 Å². The standard InChI is InChI=1S/C11H13N5O4/c1-19-5-4-16-6-7(2-3-8(16)17)13-11(18)9-10(12)15-20-14-9/h2-3,6H,4-5H2,1H3,(H2,12,15)(H,13,18). The van der Waals surface area contributed by atoms with Gasteiger partial charge in [0.2, 0.25) is 11.5 Å². The van der Waals surface area contributed by atoms with Crippen LogP contribution in [0.5, 0.6) is 0 Å². The van der Waals surface area contributed by atoms with Gasteiger partial charge >= 0.3 is 0 Å². The van der Waals surface area contributed by atoms with E-state index in [1.54, 1.807) is 0 Å². The Balaban J connectivity index is 2.15. The van der Waals surface area contributed by atoms with Crippen LogP contribution in [0, 0.1) is 0 Å². The van der Waals surface area contributed by atoms with Gasteiger partial charge in [-0.3, -0.25) is 9.59 Å². The van der Waals surface area contributed by atoms with E-state index in [9.17, 15) is 9.59 Å². The molecule has 1 amide bonds. The molecular weight excluding hydrogens is 266 g/mol. The summed E-state index contributed by atoms with van der Waals surface area (Å²) in [5.74, 6) is -0.670. The lowest BCUT2D eigenvalue weighted by molar-refractivity contribution is 0.101. The van der Waals surface area contributed by atoms with Gasteiger partial charge in [0, 0.05) is 25.9 Å². The summed E-state index contributed by atoms with van der Waals surface area (Å²) < 4.78 is 10.7. The number of nitrogens with one attached hydrogen (secondary N) is 1. The predicted molar refractivity (Wildman–Crippen MR) is 69.2 cm³/mol. The number of rotatable bonds is 5. The highest BCUT2D eigenvalue weighted by molar-refractivity contribution is 6.05. The van der Waals surface area contributed by atoms with Crippen LogP contribution < -0.4 is 16.6 Å². The number of carbonyl (C=O) groups is 1. The highest BCUT2D eigenvalue weighted by Crippen LogP contribution is 2.09. The van der Waals surface area contributed by atoms with E-state index in [0.717, 1.165) is 0 Å². The van der Waals surface area contributed by atoms with Gasteiger partial charge in [0.05, 0.1) is 12.3 Å². The minimum atomic E-state index is -0.569. The Hall–Kier alpha value is -2.68. The van der Waals surface area contributed by atoms with Crippen molar-refractivity contribution in [1.82, 2.24) is 14.9 Å². The number of methoxy groups -OCH3 is 1. The molecule has 0 fully saturated rings. The van der Waals surface area contributed by atoms with Gasteiger partial charge in [-0.2, -0.15) is 0 Å². The second-order valence-electron chi connectivity index (χ2n) is 3.89. The minimum absolute atomic E-state index is 0.102. The average Bonchev–Trinajstić information content (AvgIpc) is 2.85. The van der Waals surface area contributed by atoms with Crippen molar-refractivity contribution in [3.8, 4) is 0 Å². The van der Waals surface area contributed by atoms with Crippen molar-refractivity contribution in [2.45, 2.75) is 6.54 Å². The van der Waals surface area contributed by atoms with Crippen LogP contribution in [-0.4, -0.2) is 34.5 Å². The predicted octanol–water partition coefficient (Wildman–Crippen LogP) is -0.288. The smallest absolute Gasteiger partial charge is 0.281 e. The summed E-state index contributed by atoms with van der Waals surface area (Å²) in [7, 11) is 1.54. The molecule has 0 aromatic carbocycles. The number of pyridine rings is 1. The fourth-order valence-electron chi connectivity index (χ4n) is 1.51. The first-order valence-electron chi connectivity index (χ1n) is 5.70. The fourth-order valence-corrected chi connectivity index (χ4v) is 1.51. The first-order chi connectivity index (χ1) is 9.61. The summed E-state index contributed by atoms with van der Waals surface area (Å²) in [6.45, 7) is 0.768. The van der Waals surface area contributed by atoms with Crippen molar-refractivity contribution >= 4 is 17.4 Å². The van der Waals surface area contributed by atoms with E-state index in [4.69, 9.17) is 10.5 Å². The van der Waals surface area contributed by atoms with Crippen LogP contribution in [0.25, 0.3) is 0 Å². The van der Waals surface area contributed by atoms with Gasteiger partial charge in [-0.25, -0.2) is 4.63 Å². The average molecular weight is 279 g/mol. The lowest BCUT2D eigenvalue weighted by Gasteiger charge is -2.08. The molecule has 9 nitrogen and oxygen atoms in total. The Morgan fingerprint density at radius 1 is 1.50 bits per heavy atom. The van der Waals surface area contributed by atoms with Crippen LogP contribution in [0.4, 0.5) is 11.5 Å². The zero-order chi connectivity index (χ0) is 14.5. The molecule has 0 aliphatic rings. The Bertz CT molecular complexity index is 663. The molecule has 2 aromatic heterocycles. The van der Waals surface area contributed by atoms with Crippen molar-refractivity contribution in [3.63, 3.8) is 0 Å². The Morgan fingerprint density at radius 2 is 2.30 bits per heavy atom.